The molecule has 2 bridgehead atoms. The fraction of sp³-hybridized carbons (Fsp3) is 0.543. The van der Waals surface area contributed by atoms with Crippen LogP contribution in [0.5, 0.6) is 0 Å². The van der Waals surface area contributed by atoms with E-state index in [1.165, 1.54) is 80.5 Å². The number of para-hydroxylation sites is 1. The van der Waals surface area contributed by atoms with E-state index in [-0.39, 0.29) is 116 Å². The van der Waals surface area contributed by atoms with E-state index in [4.69, 9.17) is 43.6 Å². The zero-order valence-corrected chi connectivity index (χ0v) is 88.6. The molecule has 1 aromatic heterocycles. The van der Waals surface area contributed by atoms with Crippen molar-refractivity contribution >= 4 is 137 Å². The summed E-state index contributed by atoms with van der Waals surface area (Å²) in [4.78, 5) is 215. The highest BCUT2D eigenvalue weighted by molar-refractivity contribution is 8.77. The summed E-state index contributed by atoms with van der Waals surface area (Å²) in [6.07, 6.45) is -12.2. The number of carbonyl (C=O) groups is 14. The zero-order chi connectivity index (χ0) is 107. The maximum Gasteiger partial charge on any atom is 0.410 e. The third kappa shape index (κ3) is 28.5. The van der Waals surface area contributed by atoms with Crippen LogP contribution in [-0.2, 0) is 110 Å². The largest absolute Gasteiger partial charge is 0.455 e. The first-order valence-corrected chi connectivity index (χ1v) is 54.4. The summed E-state index contributed by atoms with van der Waals surface area (Å²) in [7, 11) is 7.09. The monoisotopic (exact) mass is 2110 g/mol. The molecule has 21 atom stereocenters. The summed E-state index contributed by atoms with van der Waals surface area (Å²) < 4.78 is 50.7. The average Bonchev–Trinajstić information content (AvgIpc) is 1.56. The van der Waals surface area contributed by atoms with Gasteiger partial charge in [0.1, 0.15) is 83.4 Å². The van der Waals surface area contributed by atoms with E-state index >= 15 is 33.6 Å². The van der Waals surface area contributed by atoms with Gasteiger partial charge in [0.05, 0.1) is 54.5 Å². The highest BCUT2D eigenvalue weighted by Crippen LogP contribution is 2.65. The summed E-state index contributed by atoms with van der Waals surface area (Å²) in [6, 6.07) is 28.7. The normalized spacial score (nSPS) is 26.3. The number of nitrogens with zero attached hydrogens (tertiary/aromatic N) is 1. The molecule has 5 aliphatic rings. The molecule has 2 saturated carbocycles. The highest BCUT2D eigenvalue weighted by atomic mass is 33.1. The molecule has 3 aliphatic carbocycles. The Morgan fingerprint density at radius 1 is 0.707 bits per heavy atom. The van der Waals surface area contributed by atoms with Crippen LogP contribution in [0, 0.1) is 16.7 Å². The topological polar surface area (TPSA) is 547 Å². The molecule has 6 aromatic rings. The van der Waals surface area contributed by atoms with Crippen LogP contribution in [0.3, 0.4) is 0 Å². The lowest BCUT2D eigenvalue weighted by Crippen LogP contribution is -2.82. The van der Waals surface area contributed by atoms with Gasteiger partial charge in [0.15, 0.2) is 11.4 Å². The van der Waals surface area contributed by atoms with Crippen molar-refractivity contribution in [1.82, 2.24) is 57.7 Å². The van der Waals surface area contributed by atoms with Gasteiger partial charge < -0.3 is 122 Å². The van der Waals surface area contributed by atoms with Crippen molar-refractivity contribution in [1.29, 1.82) is 0 Å². The van der Waals surface area contributed by atoms with Gasteiger partial charge in [-0.15, -0.1) is 0 Å². The first kappa shape index (κ1) is 116. The number of hydrogen-bond donors (Lipinski definition) is 15. The van der Waals surface area contributed by atoms with Gasteiger partial charge in [0.25, 0.3) is 0 Å². The molecule has 11 rings (SSSR count). The van der Waals surface area contributed by atoms with Crippen LogP contribution in [0.2, 0.25) is 0 Å². The Hall–Kier alpha value is -11.2. The molecule has 0 unspecified atom stereocenters. The predicted molar refractivity (Wildman–Crippen MR) is 554 cm³/mol. The van der Waals surface area contributed by atoms with E-state index in [9.17, 15) is 54.0 Å². The number of hydrogen-bond acceptors (Lipinski definition) is 31. The lowest BCUT2D eigenvalue weighted by molar-refractivity contribution is -0.347. The minimum absolute atomic E-state index is 0.0191. The molecule has 10 amide bonds. The molecule has 2 saturated heterocycles. The van der Waals surface area contributed by atoms with Gasteiger partial charge >= 0.3 is 30.1 Å². The van der Waals surface area contributed by atoms with Crippen LogP contribution >= 0.6 is 43.2 Å². The van der Waals surface area contributed by atoms with Crippen LogP contribution in [0.4, 0.5) is 9.59 Å². The van der Waals surface area contributed by atoms with Crippen LogP contribution in [0.1, 0.15) is 173 Å². The Kier molecular flexibility index (Phi) is 41.3. The van der Waals surface area contributed by atoms with E-state index < -0.39 is 232 Å². The number of amides is 10. The van der Waals surface area contributed by atoms with Gasteiger partial charge in [0, 0.05) is 118 Å². The molecular formula is C105H140N12O26S4. The van der Waals surface area contributed by atoms with E-state index in [0.29, 0.717) is 46.9 Å². The fourth-order valence-electron chi connectivity index (χ4n) is 19.6. The van der Waals surface area contributed by atoms with E-state index in [0.717, 1.165) is 21.6 Å². The number of esters is 3. The van der Waals surface area contributed by atoms with Crippen molar-refractivity contribution in [2.45, 2.75) is 273 Å². The molecule has 147 heavy (non-hydrogen) atoms. The number of nitrogens with two attached hydrogens (primary N) is 1. The standard InChI is InChI=1S/C105H140N12O26S4/c1-15-16-46-117(99(134)140-85(83(66-37-25-19-26-38-66)115-98(133)143-100(6,7)8)96(131)139-78-54-105(135)88(141-95(130)67-39-27-20-28-40-67)86-102(11,87(123)84(137-14)82(60(78)2)101(105,9)10)79(136-13)53-80-104(86,59-138-80)142-63(5)121)47-49-145-144-48-44-81(122)108-72(50-64-33-21-17-22-34-64)89(124)113-76-57-146-147-58-77(93(128)112-75(56-118)61(3)119)114-97(132)103(12,62(4)120)116-94(129)71(43-31-32-45-106)109-91(126)74(52-68-55-107-70-42-30-29-41-69(68)70)111-90(125)73(110-92(76)127)51-65-35-23-18-24-36-65/h17-30,33-42,55,61-62,71-80,83-86,88,107,118-120,135H,15-16,31-32,43-54,56-59,106H2,1-14H3,(H,108,122)(H,109,126)(H,110,127)(H,111,125)(H,112,128)(H,113,124)(H,114,132)(H,115,133)(H,116,129)/t61-,62-,71+,72-,73+,74-,75-,76+,77+,78+,79+,80-,83+,84-,85-,86+,88+,102-,103+,104+,105-/m1/s1. The van der Waals surface area contributed by atoms with Crippen molar-refractivity contribution in [2.24, 2.45) is 22.5 Å². The fourth-order valence-corrected chi connectivity index (χ4v) is 23.9. The number of alkyl carbamates (subject to hydrolysis) is 1. The molecule has 800 valence electrons. The number of rotatable bonds is 39. The zero-order valence-electron chi connectivity index (χ0n) is 85.3. The Morgan fingerprint density at radius 3 is 1.94 bits per heavy atom. The van der Waals surface area contributed by atoms with Crippen molar-refractivity contribution in [2.75, 3.05) is 70.1 Å². The molecular weight excluding hydrogens is 1970 g/mol. The van der Waals surface area contributed by atoms with Crippen LogP contribution in [-0.4, -0.2) is 297 Å². The summed E-state index contributed by atoms with van der Waals surface area (Å²) in [5.74, 6) is -12.5. The number of unbranched alkanes of at least 4 members (excludes halogenated alkanes) is 2. The smallest absolute Gasteiger partial charge is 0.410 e. The number of nitrogens with one attached hydrogen (secondary N) is 10. The number of H-pyrrole nitrogens is 1. The quantitative estimate of drug-likeness (QED) is 0.00589. The number of carbonyl (C=O) groups excluding carboxylic acids is 14. The predicted octanol–water partition coefficient (Wildman–Crippen LogP) is 7.34. The van der Waals surface area contributed by atoms with Gasteiger partial charge in [0.2, 0.25) is 53.4 Å². The third-order valence-electron chi connectivity index (χ3n) is 28.0. The number of aliphatic hydroxyl groups excluding tert-OH is 3. The SMILES string of the molecule is CCCCN(CCSSCCC(=O)N[C@H](Cc1ccccc1)C(=O)N[C@H]1CSSC[C@@H](C(=O)N[C@H](CO)[C@@H](C)O)NC(=O)[C@](C)([C@@H](C)O)NC(=O)[C@H](CCCCN)NC(=O)[C@@H](Cc2c[nH]c3ccccc23)NC(=O)[C@H](Cc2ccccc2)NC1=O)C(=O)O[C@@H](C(=O)O[C@H]1C[C@@]2(O)[C@@H](OC(=O)c3ccccc3)[C@@H]3[C@]4(OC(C)=O)CO[C@@H]4C[C@H](OC)[C@@]3(C)C(=O)[C@H](OC)C(=C1C)C2(C)C)[C@@H](NC(=O)OC(C)(C)C)c1ccccc1. The number of benzene rings is 5. The molecule has 5 aromatic carbocycles. The van der Waals surface area contributed by atoms with Gasteiger partial charge in [-0.2, -0.15) is 0 Å². The molecule has 3 heterocycles. The summed E-state index contributed by atoms with van der Waals surface area (Å²) in [6.45, 7) is 17.4. The number of ketones is 1. The number of Topliss-reactive ketones (excluding diaryl/α,β-unsaturated/α-hetero) is 1. The van der Waals surface area contributed by atoms with Crippen LogP contribution < -0.4 is 53.6 Å². The van der Waals surface area contributed by atoms with Gasteiger partial charge in [-0.05, 0) is 139 Å². The second-order valence-corrected chi connectivity index (χ2v) is 44.9. The van der Waals surface area contributed by atoms with Gasteiger partial charge in [-0.25, -0.2) is 19.2 Å². The van der Waals surface area contributed by atoms with Crippen LogP contribution in [0.15, 0.2) is 163 Å². The van der Waals surface area contributed by atoms with Crippen molar-refractivity contribution in [3.63, 3.8) is 0 Å². The second kappa shape index (κ2) is 52.3. The van der Waals surface area contributed by atoms with E-state index in [1.54, 1.807) is 176 Å². The lowest BCUT2D eigenvalue weighted by Gasteiger charge is -2.67. The molecule has 38 nitrogen and oxygen atoms in total. The highest BCUT2D eigenvalue weighted by Gasteiger charge is 2.79. The van der Waals surface area contributed by atoms with Crippen molar-refractivity contribution in [3.05, 3.63) is 191 Å². The van der Waals surface area contributed by atoms with Gasteiger partial charge in [-0.1, -0.05) is 198 Å². The molecule has 16 N–H and O–H groups in total. The summed E-state index contributed by atoms with van der Waals surface area (Å²) >= 11 is 0. The minimum Gasteiger partial charge on any atom is -0.455 e. The Balaban J connectivity index is 0.859. The van der Waals surface area contributed by atoms with E-state index in [1.807, 2.05) is 19.1 Å². The summed E-state index contributed by atoms with van der Waals surface area (Å²) in [5, 5.41) is 72.3. The number of aliphatic hydroxyl groups is 4. The number of fused-ring (bicyclic) bond motifs is 6. The number of aromatic amines is 1. The van der Waals surface area contributed by atoms with Crippen molar-refractivity contribution in [3.8, 4) is 0 Å². The Bertz CT molecular complexity index is 5610. The number of ether oxygens (including phenoxy) is 8. The third-order valence-corrected chi connectivity index (χ3v) is 32.8. The molecule has 0 spiro atoms. The van der Waals surface area contributed by atoms with Crippen molar-refractivity contribution < 1.29 is 125 Å². The van der Waals surface area contributed by atoms with Crippen LogP contribution in [0.25, 0.3) is 10.9 Å². The van der Waals surface area contributed by atoms with E-state index in [2.05, 4.69) is 52.8 Å². The number of methoxy groups -OCH3 is 2. The molecule has 4 fully saturated rings. The molecule has 2 aliphatic heterocycles. The maximum absolute atomic E-state index is 16.3. The number of aromatic nitrogens is 1. The molecule has 42 heteroatoms. The first-order valence-electron chi connectivity index (χ1n) is 49.4. The second-order valence-electron chi connectivity index (χ2n) is 39.7. The Labute approximate surface area is 871 Å². The lowest BCUT2D eigenvalue weighted by atomic mass is 9.44. The first-order chi connectivity index (χ1) is 69.9. The minimum atomic E-state index is -2.43. The maximum atomic E-state index is 16.3. The molecule has 0 radical (unpaired) electrons. The Morgan fingerprint density at radius 2 is 1.33 bits per heavy atom. The summed E-state index contributed by atoms with van der Waals surface area (Å²) in [5.41, 5.74) is -2.04. The average molecular weight is 2110 g/mol. The van der Waals surface area contributed by atoms with Gasteiger partial charge in [-0.3, -0.25) is 47.9 Å².